The zero-order valence-corrected chi connectivity index (χ0v) is 10.5. The van der Waals surface area contributed by atoms with E-state index in [9.17, 15) is 4.79 Å². The van der Waals surface area contributed by atoms with Gasteiger partial charge in [0.15, 0.2) is 0 Å². The van der Waals surface area contributed by atoms with Gasteiger partial charge < -0.3 is 5.32 Å². The maximum absolute atomic E-state index is 11.6. The van der Waals surface area contributed by atoms with Crippen LogP contribution in [0.4, 0.5) is 0 Å². The molecular weight excluding hydrogens is 256 g/mol. The molecule has 0 bridgehead atoms. The molecule has 3 nitrogen and oxygen atoms in total. The molecule has 0 aliphatic rings. The number of amides is 1. The van der Waals surface area contributed by atoms with Gasteiger partial charge in [0.1, 0.15) is 0 Å². The molecule has 1 atom stereocenters. The molecule has 0 saturated heterocycles. The number of halogens is 1. The number of nitrogens with one attached hydrogen (secondary N) is 1. The number of hydrogen-bond donors (Lipinski definition) is 1. The molecule has 0 aliphatic carbocycles. The van der Waals surface area contributed by atoms with Crippen LogP contribution in [0.15, 0.2) is 24.5 Å². The van der Waals surface area contributed by atoms with Gasteiger partial charge in [0, 0.05) is 29.3 Å². The third kappa shape index (κ3) is 4.00. The zero-order chi connectivity index (χ0) is 11.3. The Morgan fingerprint density at radius 2 is 2.07 bits per heavy atom. The lowest BCUT2D eigenvalue weighted by Crippen LogP contribution is -2.31. The fourth-order valence-corrected chi connectivity index (χ4v) is 1.19. The first kappa shape index (κ1) is 12.2. The monoisotopic (exact) mass is 270 g/mol. The van der Waals surface area contributed by atoms with Gasteiger partial charge in [-0.1, -0.05) is 29.8 Å². The lowest BCUT2D eigenvalue weighted by molar-refractivity contribution is 0.0953. The van der Waals surface area contributed by atoms with Crippen molar-refractivity contribution in [2.45, 2.75) is 18.7 Å². The Hall–Kier alpha value is -0.900. The SMILES string of the molecule is CC(C)C(Br)CNC(=O)c1ccncc1. The van der Waals surface area contributed by atoms with Crippen LogP contribution < -0.4 is 5.32 Å². The van der Waals surface area contributed by atoms with Crippen LogP contribution in [-0.2, 0) is 0 Å². The molecule has 1 heterocycles. The molecule has 1 aromatic rings. The summed E-state index contributed by atoms with van der Waals surface area (Å²) in [5, 5.41) is 2.87. The topological polar surface area (TPSA) is 42.0 Å². The lowest BCUT2D eigenvalue weighted by atomic mass is 10.1. The molecule has 0 spiro atoms. The molecule has 0 aliphatic heterocycles. The normalized spacial score (nSPS) is 12.5. The highest BCUT2D eigenvalue weighted by atomic mass is 79.9. The summed E-state index contributed by atoms with van der Waals surface area (Å²) in [7, 11) is 0. The molecule has 82 valence electrons. The molecule has 4 heteroatoms. The summed E-state index contributed by atoms with van der Waals surface area (Å²) < 4.78 is 0. The maximum Gasteiger partial charge on any atom is 0.251 e. The minimum atomic E-state index is -0.0532. The van der Waals surface area contributed by atoms with Gasteiger partial charge >= 0.3 is 0 Å². The van der Waals surface area contributed by atoms with Crippen molar-refractivity contribution in [2.24, 2.45) is 5.92 Å². The van der Waals surface area contributed by atoms with Gasteiger partial charge in [-0.15, -0.1) is 0 Å². The summed E-state index contributed by atoms with van der Waals surface area (Å²) in [6.45, 7) is 4.86. The molecule has 1 aromatic heterocycles. The van der Waals surface area contributed by atoms with E-state index in [2.05, 4.69) is 40.1 Å². The quantitative estimate of drug-likeness (QED) is 0.853. The van der Waals surface area contributed by atoms with Crippen molar-refractivity contribution in [1.82, 2.24) is 10.3 Å². The van der Waals surface area contributed by atoms with Gasteiger partial charge in [0.05, 0.1) is 0 Å². The Kier molecular flexibility index (Phi) is 4.75. The molecule has 15 heavy (non-hydrogen) atoms. The van der Waals surface area contributed by atoms with Crippen molar-refractivity contribution < 1.29 is 4.79 Å². The standard InChI is InChI=1S/C11H15BrN2O/c1-8(2)10(12)7-14-11(15)9-3-5-13-6-4-9/h3-6,8,10H,7H2,1-2H3,(H,14,15). The number of aromatic nitrogens is 1. The Bertz CT molecular complexity index is 314. The molecule has 0 saturated carbocycles. The fourth-order valence-electron chi connectivity index (χ4n) is 1.03. The Morgan fingerprint density at radius 1 is 1.47 bits per heavy atom. The predicted octanol–water partition coefficient (Wildman–Crippen LogP) is 2.23. The van der Waals surface area contributed by atoms with Crippen molar-refractivity contribution in [3.63, 3.8) is 0 Å². The van der Waals surface area contributed by atoms with Gasteiger partial charge in [0.25, 0.3) is 5.91 Å². The van der Waals surface area contributed by atoms with E-state index in [-0.39, 0.29) is 5.91 Å². The van der Waals surface area contributed by atoms with Gasteiger partial charge in [-0.2, -0.15) is 0 Å². The van der Waals surface area contributed by atoms with Crippen LogP contribution in [0.5, 0.6) is 0 Å². The van der Waals surface area contributed by atoms with E-state index in [1.54, 1.807) is 24.5 Å². The van der Waals surface area contributed by atoms with E-state index in [0.717, 1.165) is 0 Å². The summed E-state index contributed by atoms with van der Waals surface area (Å²) in [5.41, 5.74) is 0.647. The van der Waals surface area contributed by atoms with Crippen molar-refractivity contribution in [3.05, 3.63) is 30.1 Å². The Morgan fingerprint density at radius 3 is 2.60 bits per heavy atom. The van der Waals surface area contributed by atoms with Gasteiger partial charge in [-0.05, 0) is 18.1 Å². The largest absolute Gasteiger partial charge is 0.351 e. The highest BCUT2D eigenvalue weighted by Gasteiger charge is 2.11. The fraction of sp³-hybridized carbons (Fsp3) is 0.455. The van der Waals surface area contributed by atoms with Crippen LogP contribution in [0.25, 0.3) is 0 Å². The van der Waals surface area contributed by atoms with E-state index in [0.29, 0.717) is 22.9 Å². The minimum absolute atomic E-state index is 0.0532. The third-order valence-electron chi connectivity index (χ3n) is 2.12. The molecule has 1 unspecified atom stereocenters. The van der Waals surface area contributed by atoms with Crippen molar-refractivity contribution in [1.29, 1.82) is 0 Å². The van der Waals surface area contributed by atoms with Crippen LogP contribution in [0.3, 0.4) is 0 Å². The summed E-state index contributed by atoms with van der Waals surface area (Å²) >= 11 is 3.52. The second kappa shape index (κ2) is 5.85. The van der Waals surface area contributed by atoms with E-state index in [1.807, 2.05) is 0 Å². The number of hydrogen-bond acceptors (Lipinski definition) is 2. The van der Waals surface area contributed by atoms with Crippen LogP contribution in [-0.4, -0.2) is 22.3 Å². The van der Waals surface area contributed by atoms with Crippen LogP contribution in [0.2, 0.25) is 0 Å². The van der Waals surface area contributed by atoms with E-state index in [4.69, 9.17) is 0 Å². The number of alkyl halides is 1. The first-order valence-corrected chi connectivity index (χ1v) is 5.85. The Labute approximate surface area is 98.4 Å². The summed E-state index contributed by atoms with van der Waals surface area (Å²) in [6, 6.07) is 3.40. The van der Waals surface area contributed by atoms with Gasteiger partial charge in [-0.25, -0.2) is 0 Å². The first-order valence-electron chi connectivity index (χ1n) is 4.93. The second-order valence-corrected chi connectivity index (χ2v) is 4.88. The van der Waals surface area contributed by atoms with Gasteiger partial charge in [-0.3, -0.25) is 9.78 Å². The minimum Gasteiger partial charge on any atom is -0.351 e. The highest BCUT2D eigenvalue weighted by Crippen LogP contribution is 2.10. The highest BCUT2D eigenvalue weighted by molar-refractivity contribution is 9.09. The van der Waals surface area contributed by atoms with Crippen LogP contribution >= 0.6 is 15.9 Å². The molecule has 0 aromatic carbocycles. The Balaban J connectivity index is 2.44. The second-order valence-electron chi connectivity index (χ2n) is 3.71. The van der Waals surface area contributed by atoms with Gasteiger partial charge in [0.2, 0.25) is 0 Å². The number of pyridine rings is 1. The molecule has 1 amide bonds. The average molecular weight is 271 g/mol. The smallest absolute Gasteiger partial charge is 0.251 e. The molecule has 0 fully saturated rings. The van der Waals surface area contributed by atoms with E-state index in [1.165, 1.54) is 0 Å². The number of nitrogens with zero attached hydrogens (tertiary/aromatic N) is 1. The lowest BCUT2D eigenvalue weighted by Gasteiger charge is -2.14. The summed E-state index contributed by atoms with van der Waals surface area (Å²) in [5.74, 6) is 0.449. The maximum atomic E-state index is 11.6. The molecule has 1 rings (SSSR count). The van der Waals surface area contributed by atoms with E-state index < -0.39 is 0 Å². The van der Waals surface area contributed by atoms with Crippen molar-refractivity contribution >= 4 is 21.8 Å². The first-order chi connectivity index (χ1) is 7.11. The third-order valence-corrected chi connectivity index (χ3v) is 3.50. The molecular formula is C11H15BrN2O. The average Bonchev–Trinajstić information content (AvgIpc) is 2.26. The summed E-state index contributed by atoms with van der Waals surface area (Å²) in [4.78, 5) is 15.8. The number of carbonyl (C=O) groups is 1. The molecule has 1 N–H and O–H groups in total. The zero-order valence-electron chi connectivity index (χ0n) is 8.90. The van der Waals surface area contributed by atoms with Crippen LogP contribution in [0.1, 0.15) is 24.2 Å². The predicted molar refractivity (Wildman–Crippen MR) is 64.1 cm³/mol. The van der Waals surface area contributed by atoms with Crippen LogP contribution in [0, 0.1) is 5.92 Å². The molecule has 0 radical (unpaired) electrons. The number of rotatable bonds is 4. The summed E-state index contributed by atoms with van der Waals surface area (Å²) in [6.07, 6.45) is 3.23. The van der Waals surface area contributed by atoms with E-state index >= 15 is 0 Å². The number of carbonyl (C=O) groups excluding carboxylic acids is 1. The van der Waals surface area contributed by atoms with Crippen molar-refractivity contribution in [2.75, 3.05) is 6.54 Å². The van der Waals surface area contributed by atoms with Crippen molar-refractivity contribution in [3.8, 4) is 0 Å².